The SMILES string of the molecule is COc1ccc(CN(C(=O)c2ccc(CN3C(=O)CCC3=O)cc2)C2CC2)cc1. The van der Waals surface area contributed by atoms with E-state index in [-0.39, 0.29) is 43.1 Å². The van der Waals surface area contributed by atoms with Crippen molar-refractivity contribution >= 4 is 17.7 Å². The van der Waals surface area contributed by atoms with E-state index in [2.05, 4.69) is 0 Å². The molecule has 3 amide bonds. The summed E-state index contributed by atoms with van der Waals surface area (Å²) < 4.78 is 5.20. The summed E-state index contributed by atoms with van der Waals surface area (Å²) in [5.41, 5.74) is 2.53. The first-order valence-corrected chi connectivity index (χ1v) is 9.91. The fourth-order valence-corrected chi connectivity index (χ4v) is 3.58. The minimum atomic E-state index is -0.130. The first-order chi connectivity index (χ1) is 14.0. The number of rotatable bonds is 7. The number of hydrogen-bond acceptors (Lipinski definition) is 4. The number of likely N-dealkylation sites (tertiary alicyclic amines) is 1. The lowest BCUT2D eigenvalue weighted by Gasteiger charge is -2.23. The van der Waals surface area contributed by atoms with Gasteiger partial charge in [-0.3, -0.25) is 19.3 Å². The highest BCUT2D eigenvalue weighted by atomic mass is 16.5. The van der Waals surface area contributed by atoms with Gasteiger partial charge in [0.05, 0.1) is 13.7 Å². The van der Waals surface area contributed by atoms with E-state index in [0.29, 0.717) is 12.1 Å². The molecule has 29 heavy (non-hydrogen) atoms. The molecule has 1 saturated carbocycles. The third-order valence-corrected chi connectivity index (χ3v) is 5.46. The lowest BCUT2D eigenvalue weighted by Crippen LogP contribution is -2.32. The second kappa shape index (κ2) is 8.07. The summed E-state index contributed by atoms with van der Waals surface area (Å²) in [5, 5.41) is 0. The maximum atomic E-state index is 13.1. The molecule has 2 fully saturated rings. The molecular formula is C23H24N2O4. The molecule has 1 aliphatic carbocycles. The Kier molecular flexibility index (Phi) is 5.34. The maximum absolute atomic E-state index is 13.1. The summed E-state index contributed by atoms with van der Waals surface area (Å²) in [6, 6.07) is 15.3. The normalized spacial score (nSPS) is 16.2. The highest BCUT2D eigenvalue weighted by Crippen LogP contribution is 2.30. The molecular weight excluding hydrogens is 368 g/mol. The average Bonchev–Trinajstić information content (AvgIpc) is 3.54. The van der Waals surface area contributed by atoms with Crippen LogP contribution in [0.15, 0.2) is 48.5 Å². The van der Waals surface area contributed by atoms with Gasteiger partial charge in [0.15, 0.2) is 0 Å². The first kappa shape index (κ1) is 19.2. The van der Waals surface area contributed by atoms with Crippen LogP contribution in [-0.2, 0) is 22.7 Å². The number of benzene rings is 2. The second-order valence-electron chi connectivity index (χ2n) is 7.58. The molecule has 1 aliphatic heterocycles. The average molecular weight is 392 g/mol. The number of nitrogens with zero attached hydrogens (tertiary/aromatic N) is 2. The topological polar surface area (TPSA) is 66.9 Å². The molecule has 0 N–H and O–H groups in total. The van der Waals surface area contributed by atoms with Crippen molar-refractivity contribution in [2.24, 2.45) is 0 Å². The highest BCUT2D eigenvalue weighted by molar-refractivity contribution is 6.01. The van der Waals surface area contributed by atoms with Gasteiger partial charge in [-0.2, -0.15) is 0 Å². The Hall–Kier alpha value is -3.15. The van der Waals surface area contributed by atoms with Crippen LogP contribution in [0, 0.1) is 0 Å². The molecule has 0 radical (unpaired) electrons. The van der Waals surface area contributed by atoms with Gasteiger partial charge < -0.3 is 9.64 Å². The molecule has 2 aromatic carbocycles. The van der Waals surface area contributed by atoms with Crippen molar-refractivity contribution in [3.05, 3.63) is 65.2 Å². The Morgan fingerprint density at radius 2 is 1.55 bits per heavy atom. The second-order valence-corrected chi connectivity index (χ2v) is 7.58. The summed E-state index contributed by atoms with van der Waals surface area (Å²) in [6.45, 7) is 0.830. The summed E-state index contributed by atoms with van der Waals surface area (Å²) in [5.74, 6) is 0.538. The third kappa shape index (κ3) is 4.31. The summed E-state index contributed by atoms with van der Waals surface area (Å²) in [7, 11) is 1.63. The molecule has 6 heteroatoms. The summed E-state index contributed by atoms with van der Waals surface area (Å²) in [4.78, 5) is 39.9. The Labute approximate surface area is 170 Å². The summed E-state index contributed by atoms with van der Waals surface area (Å²) >= 11 is 0. The van der Waals surface area contributed by atoms with E-state index in [4.69, 9.17) is 4.74 Å². The van der Waals surface area contributed by atoms with E-state index >= 15 is 0 Å². The molecule has 1 heterocycles. The molecule has 2 aromatic rings. The Morgan fingerprint density at radius 1 is 0.966 bits per heavy atom. The lowest BCUT2D eigenvalue weighted by atomic mass is 10.1. The van der Waals surface area contributed by atoms with Crippen LogP contribution >= 0.6 is 0 Å². The van der Waals surface area contributed by atoms with Crippen LogP contribution in [0.2, 0.25) is 0 Å². The molecule has 150 valence electrons. The van der Waals surface area contributed by atoms with Crippen molar-refractivity contribution in [2.75, 3.05) is 7.11 Å². The van der Waals surface area contributed by atoms with Gasteiger partial charge in [0, 0.05) is 31.0 Å². The van der Waals surface area contributed by atoms with E-state index in [1.54, 1.807) is 19.2 Å². The van der Waals surface area contributed by atoms with Crippen LogP contribution in [0.3, 0.4) is 0 Å². The Morgan fingerprint density at radius 3 is 2.10 bits per heavy atom. The van der Waals surface area contributed by atoms with Crippen molar-refractivity contribution in [2.45, 2.75) is 44.8 Å². The van der Waals surface area contributed by atoms with Crippen LogP contribution in [0.5, 0.6) is 5.75 Å². The van der Waals surface area contributed by atoms with Gasteiger partial charge in [0.25, 0.3) is 5.91 Å². The van der Waals surface area contributed by atoms with Gasteiger partial charge in [-0.15, -0.1) is 0 Å². The molecule has 0 unspecified atom stereocenters. The summed E-state index contributed by atoms with van der Waals surface area (Å²) in [6.07, 6.45) is 2.63. The number of ether oxygens (including phenoxy) is 1. The largest absolute Gasteiger partial charge is 0.497 e. The van der Waals surface area contributed by atoms with Gasteiger partial charge >= 0.3 is 0 Å². The number of carbonyl (C=O) groups is 3. The van der Waals surface area contributed by atoms with Crippen molar-refractivity contribution in [3.63, 3.8) is 0 Å². The quantitative estimate of drug-likeness (QED) is 0.679. The monoisotopic (exact) mass is 392 g/mol. The van der Waals surface area contributed by atoms with Gasteiger partial charge in [0.2, 0.25) is 11.8 Å². The van der Waals surface area contributed by atoms with Crippen molar-refractivity contribution in [1.82, 2.24) is 9.80 Å². The molecule has 0 bridgehead atoms. The lowest BCUT2D eigenvalue weighted by molar-refractivity contribution is -0.139. The Balaban J connectivity index is 1.45. The third-order valence-electron chi connectivity index (χ3n) is 5.46. The fraction of sp³-hybridized carbons (Fsp3) is 0.348. The van der Waals surface area contributed by atoms with E-state index in [0.717, 1.165) is 29.7 Å². The molecule has 6 nitrogen and oxygen atoms in total. The van der Waals surface area contributed by atoms with Gasteiger partial charge in [-0.1, -0.05) is 24.3 Å². The fourth-order valence-electron chi connectivity index (χ4n) is 3.58. The molecule has 0 spiro atoms. The smallest absolute Gasteiger partial charge is 0.254 e. The zero-order chi connectivity index (χ0) is 20.4. The van der Waals surface area contributed by atoms with Crippen molar-refractivity contribution < 1.29 is 19.1 Å². The van der Waals surface area contributed by atoms with Gasteiger partial charge in [-0.25, -0.2) is 0 Å². The van der Waals surface area contributed by atoms with E-state index in [1.165, 1.54) is 4.90 Å². The van der Waals surface area contributed by atoms with E-state index < -0.39 is 0 Å². The van der Waals surface area contributed by atoms with Crippen molar-refractivity contribution in [1.29, 1.82) is 0 Å². The number of hydrogen-bond donors (Lipinski definition) is 0. The van der Waals surface area contributed by atoms with Crippen LogP contribution in [0.4, 0.5) is 0 Å². The van der Waals surface area contributed by atoms with Crippen molar-refractivity contribution in [3.8, 4) is 5.75 Å². The van der Waals surface area contributed by atoms with Crippen LogP contribution in [0.25, 0.3) is 0 Å². The molecule has 4 rings (SSSR count). The Bertz CT molecular complexity index is 901. The predicted octanol–water partition coefficient (Wildman–Crippen LogP) is 3.15. The first-order valence-electron chi connectivity index (χ1n) is 9.91. The predicted molar refractivity (Wildman–Crippen MR) is 107 cm³/mol. The van der Waals surface area contributed by atoms with Gasteiger partial charge in [0.1, 0.15) is 5.75 Å². The molecule has 1 saturated heterocycles. The number of carbonyl (C=O) groups excluding carboxylic acids is 3. The van der Waals surface area contributed by atoms with Crippen LogP contribution < -0.4 is 4.74 Å². The molecule has 0 aromatic heterocycles. The van der Waals surface area contributed by atoms with Crippen LogP contribution in [0.1, 0.15) is 47.2 Å². The molecule has 0 atom stereocenters. The molecule has 2 aliphatic rings. The van der Waals surface area contributed by atoms with E-state index in [9.17, 15) is 14.4 Å². The van der Waals surface area contributed by atoms with E-state index in [1.807, 2.05) is 41.3 Å². The highest BCUT2D eigenvalue weighted by Gasteiger charge is 2.33. The maximum Gasteiger partial charge on any atom is 0.254 e. The number of imide groups is 1. The minimum Gasteiger partial charge on any atom is -0.497 e. The van der Waals surface area contributed by atoms with Crippen LogP contribution in [-0.4, -0.2) is 40.7 Å². The number of methoxy groups -OCH3 is 1. The van der Waals surface area contributed by atoms with Gasteiger partial charge in [-0.05, 0) is 48.2 Å². The minimum absolute atomic E-state index is 0.00296. The zero-order valence-electron chi connectivity index (χ0n) is 16.5. The zero-order valence-corrected chi connectivity index (χ0v) is 16.5. The number of amides is 3. The standard InChI is InChI=1S/C23H24N2O4/c1-29-20-10-4-17(5-11-20)14-24(19-8-9-19)23(28)18-6-2-16(3-7-18)15-25-21(26)12-13-22(25)27/h2-7,10-11,19H,8-9,12-15H2,1H3.